The first-order valence-electron chi connectivity index (χ1n) is 6.00. The third-order valence-corrected chi connectivity index (χ3v) is 4.30. The smallest absolute Gasteiger partial charge is 0.170 e. The van der Waals surface area contributed by atoms with Gasteiger partial charge in [-0.25, -0.2) is 4.98 Å². The predicted molar refractivity (Wildman–Crippen MR) is 75.0 cm³/mol. The van der Waals surface area contributed by atoms with Crippen LogP contribution in [0.25, 0.3) is 0 Å². The van der Waals surface area contributed by atoms with Gasteiger partial charge in [0.1, 0.15) is 11.6 Å². The van der Waals surface area contributed by atoms with Gasteiger partial charge in [0.15, 0.2) is 4.34 Å². The van der Waals surface area contributed by atoms with Crippen molar-refractivity contribution in [3.8, 4) is 0 Å². The van der Waals surface area contributed by atoms with Crippen molar-refractivity contribution in [1.82, 2.24) is 14.7 Å². The van der Waals surface area contributed by atoms with Gasteiger partial charge in [-0.2, -0.15) is 4.37 Å². The van der Waals surface area contributed by atoms with E-state index in [1.807, 2.05) is 12.1 Å². The highest BCUT2D eigenvalue weighted by molar-refractivity contribution is 8.01. The highest BCUT2D eigenvalue weighted by atomic mass is 32.2. The highest BCUT2D eigenvalue weighted by Crippen LogP contribution is 2.24. The third-order valence-electron chi connectivity index (χ3n) is 2.38. The first kappa shape index (κ1) is 13.6. The summed E-state index contributed by atoms with van der Waals surface area (Å²) in [7, 11) is 0. The number of nitrogens with one attached hydrogen (secondary N) is 1. The SMILES string of the molecule is CCc1nsc(SC(C)CNCc2ccco2)n1. The zero-order valence-electron chi connectivity index (χ0n) is 10.5. The Labute approximate surface area is 115 Å². The number of hydrogen-bond acceptors (Lipinski definition) is 6. The van der Waals surface area contributed by atoms with Gasteiger partial charge >= 0.3 is 0 Å². The fourth-order valence-electron chi connectivity index (χ4n) is 1.45. The normalized spacial score (nSPS) is 12.8. The molecule has 0 aliphatic carbocycles. The first-order chi connectivity index (χ1) is 8.78. The van der Waals surface area contributed by atoms with Gasteiger partial charge in [0.05, 0.1) is 12.8 Å². The van der Waals surface area contributed by atoms with E-state index in [4.69, 9.17) is 4.42 Å². The number of thioether (sulfide) groups is 1. The maximum atomic E-state index is 5.26. The van der Waals surface area contributed by atoms with Crippen molar-refractivity contribution < 1.29 is 4.42 Å². The lowest BCUT2D eigenvalue weighted by molar-refractivity contribution is 0.484. The minimum absolute atomic E-state index is 0.470. The molecule has 2 aromatic rings. The van der Waals surface area contributed by atoms with Gasteiger partial charge in [0.2, 0.25) is 0 Å². The van der Waals surface area contributed by atoms with Crippen molar-refractivity contribution in [2.45, 2.75) is 36.4 Å². The number of furan rings is 1. The average Bonchev–Trinajstić information content (AvgIpc) is 3.00. The molecule has 0 aliphatic heterocycles. The Morgan fingerprint density at radius 1 is 1.56 bits per heavy atom. The van der Waals surface area contributed by atoms with Crippen LogP contribution in [0, 0.1) is 0 Å². The molecule has 0 bridgehead atoms. The van der Waals surface area contributed by atoms with Crippen LogP contribution in [0.1, 0.15) is 25.4 Å². The second-order valence-corrected chi connectivity index (χ2v) is 6.41. The molecule has 0 aromatic carbocycles. The molecule has 6 heteroatoms. The van der Waals surface area contributed by atoms with Gasteiger partial charge in [0.25, 0.3) is 0 Å². The summed E-state index contributed by atoms with van der Waals surface area (Å²) < 4.78 is 10.6. The minimum atomic E-state index is 0.470. The van der Waals surface area contributed by atoms with Crippen molar-refractivity contribution in [3.63, 3.8) is 0 Å². The van der Waals surface area contributed by atoms with Gasteiger partial charge < -0.3 is 9.73 Å². The molecule has 18 heavy (non-hydrogen) atoms. The van der Waals surface area contributed by atoms with Crippen molar-refractivity contribution in [2.75, 3.05) is 6.54 Å². The van der Waals surface area contributed by atoms with Crippen molar-refractivity contribution in [2.24, 2.45) is 0 Å². The van der Waals surface area contributed by atoms with Gasteiger partial charge in [-0.1, -0.05) is 25.6 Å². The molecule has 1 unspecified atom stereocenters. The summed E-state index contributed by atoms with van der Waals surface area (Å²) in [6.07, 6.45) is 2.60. The summed E-state index contributed by atoms with van der Waals surface area (Å²) in [5, 5.41) is 3.84. The van der Waals surface area contributed by atoms with E-state index in [9.17, 15) is 0 Å². The van der Waals surface area contributed by atoms with Crippen LogP contribution in [0.2, 0.25) is 0 Å². The average molecular weight is 283 g/mol. The van der Waals surface area contributed by atoms with Crippen LogP contribution in [0.5, 0.6) is 0 Å². The van der Waals surface area contributed by atoms with Crippen LogP contribution in [-0.2, 0) is 13.0 Å². The van der Waals surface area contributed by atoms with Crippen LogP contribution >= 0.6 is 23.3 Å². The molecular formula is C12H17N3OS2. The Bertz CT molecular complexity index is 456. The molecule has 4 nitrogen and oxygen atoms in total. The molecule has 0 saturated heterocycles. The molecular weight excluding hydrogens is 266 g/mol. The van der Waals surface area contributed by atoms with Crippen LogP contribution in [0.4, 0.5) is 0 Å². The molecule has 1 atom stereocenters. The van der Waals surface area contributed by atoms with Gasteiger partial charge in [-0.05, 0) is 23.7 Å². The molecule has 0 radical (unpaired) electrons. The predicted octanol–water partition coefficient (Wildman–Crippen LogP) is 2.96. The molecule has 0 aliphatic rings. The lowest BCUT2D eigenvalue weighted by Crippen LogP contribution is -2.21. The van der Waals surface area contributed by atoms with E-state index in [2.05, 4.69) is 28.5 Å². The summed E-state index contributed by atoms with van der Waals surface area (Å²) >= 11 is 3.26. The first-order valence-corrected chi connectivity index (χ1v) is 7.65. The molecule has 0 saturated carbocycles. The lowest BCUT2D eigenvalue weighted by Gasteiger charge is -2.09. The molecule has 2 aromatic heterocycles. The number of rotatable bonds is 7. The zero-order valence-corrected chi connectivity index (χ0v) is 12.2. The van der Waals surface area contributed by atoms with Crippen molar-refractivity contribution >= 4 is 23.3 Å². The van der Waals surface area contributed by atoms with Gasteiger partial charge in [-0.3, -0.25) is 0 Å². The second-order valence-electron chi connectivity index (χ2n) is 3.97. The lowest BCUT2D eigenvalue weighted by atomic mass is 10.4. The number of aryl methyl sites for hydroxylation is 1. The van der Waals surface area contributed by atoms with Crippen LogP contribution < -0.4 is 5.32 Å². The number of nitrogens with zero attached hydrogens (tertiary/aromatic N) is 2. The van der Waals surface area contributed by atoms with Crippen LogP contribution in [0.15, 0.2) is 27.2 Å². The van der Waals surface area contributed by atoms with Crippen LogP contribution in [0.3, 0.4) is 0 Å². The van der Waals surface area contributed by atoms with E-state index in [0.29, 0.717) is 5.25 Å². The Kier molecular flexibility index (Phi) is 5.22. The Morgan fingerprint density at radius 3 is 3.11 bits per heavy atom. The summed E-state index contributed by atoms with van der Waals surface area (Å²) in [6, 6.07) is 3.88. The summed E-state index contributed by atoms with van der Waals surface area (Å²) in [4.78, 5) is 4.45. The molecule has 2 rings (SSSR count). The standard InChI is InChI=1S/C12H17N3OS2/c1-3-11-14-12(18-15-11)17-9(2)7-13-8-10-5-4-6-16-10/h4-6,9,13H,3,7-8H2,1-2H3. The quantitative estimate of drug-likeness (QED) is 0.792. The van der Waals surface area contributed by atoms with Gasteiger partial charge in [0, 0.05) is 18.2 Å². The summed E-state index contributed by atoms with van der Waals surface area (Å²) in [5.74, 6) is 1.91. The number of aromatic nitrogens is 2. The van der Waals surface area contributed by atoms with E-state index < -0.39 is 0 Å². The van der Waals surface area contributed by atoms with Crippen molar-refractivity contribution in [1.29, 1.82) is 0 Å². The molecule has 0 fully saturated rings. The molecule has 1 N–H and O–H groups in total. The molecule has 0 spiro atoms. The molecule has 2 heterocycles. The minimum Gasteiger partial charge on any atom is -0.468 e. The highest BCUT2D eigenvalue weighted by Gasteiger charge is 2.09. The summed E-state index contributed by atoms with van der Waals surface area (Å²) in [6.45, 7) is 5.96. The van der Waals surface area contributed by atoms with Gasteiger partial charge in [-0.15, -0.1) is 0 Å². The second kappa shape index (κ2) is 6.92. The molecule has 0 amide bonds. The maximum Gasteiger partial charge on any atom is 0.170 e. The molecule has 98 valence electrons. The van der Waals surface area contributed by atoms with Crippen molar-refractivity contribution in [3.05, 3.63) is 30.0 Å². The summed E-state index contributed by atoms with van der Waals surface area (Å²) in [5.41, 5.74) is 0. The Morgan fingerprint density at radius 2 is 2.44 bits per heavy atom. The van der Waals surface area contributed by atoms with Crippen LogP contribution in [-0.4, -0.2) is 21.2 Å². The van der Waals surface area contributed by atoms with E-state index in [-0.39, 0.29) is 0 Å². The third kappa shape index (κ3) is 4.12. The zero-order chi connectivity index (χ0) is 12.8. The van der Waals surface area contributed by atoms with E-state index in [1.165, 1.54) is 11.5 Å². The maximum absolute atomic E-state index is 5.26. The van der Waals surface area contributed by atoms with E-state index >= 15 is 0 Å². The topological polar surface area (TPSA) is 51.0 Å². The largest absolute Gasteiger partial charge is 0.468 e. The number of hydrogen-bond donors (Lipinski definition) is 1. The Balaban J connectivity index is 1.70. The monoisotopic (exact) mass is 283 g/mol. The fourth-order valence-corrected chi connectivity index (χ4v) is 3.43. The van der Waals surface area contributed by atoms with E-state index in [1.54, 1.807) is 18.0 Å². The Hall–Kier alpha value is -0.850. The fraction of sp³-hybridized carbons (Fsp3) is 0.500. The van der Waals surface area contributed by atoms with E-state index in [0.717, 1.165) is 35.4 Å².